The van der Waals surface area contributed by atoms with E-state index in [1.165, 1.54) is 0 Å². The van der Waals surface area contributed by atoms with Crippen LogP contribution in [0, 0.1) is 23.7 Å². The summed E-state index contributed by atoms with van der Waals surface area (Å²) in [4.78, 5) is 0. The van der Waals surface area contributed by atoms with Crippen molar-refractivity contribution in [1.29, 1.82) is 5.26 Å². The Hall–Kier alpha value is -2.19. The van der Waals surface area contributed by atoms with E-state index in [1.807, 2.05) is 24.3 Å². The van der Waals surface area contributed by atoms with Crippen molar-refractivity contribution < 1.29 is 0 Å². The van der Waals surface area contributed by atoms with Crippen LogP contribution in [0.5, 0.6) is 0 Å². The average molecular weight is 168 g/mol. The van der Waals surface area contributed by atoms with Crippen LogP contribution in [0.4, 0.5) is 0 Å². The number of hydrogen-bond acceptors (Lipinski definition) is 2. The van der Waals surface area contributed by atoms with Crippen molar-refractivity contribution in [1.82, 2.24) is 0 Å². The number of nitriles is 1. The van der Waals surface area contributed by atoms with Crippen molar-refractivity contribution in [3.63, 3.8) is 0 Å². The molecule has 0 radical (unpaired) electrons. The highest BCUT2D eigenvalue weighted by molar-refractivity contribution is 5.81. The molecule has 0 unspecified atom stereocenters. The van der Waals surface area contributed by atoms with E-state index in [0.29, 0.717) is 5.57 Å². The summed E-state index contributed by atoms with van der Waals surface area (Å²) < 4.78 is 0. The third-order valence-corrected chi connectivity index (χ3v) is 1.60. The molecule has 1 aromatic carbocycles. The van der Waals surface area contributed by atoms with Gasteiger partial charge in [0.15, 0.2) is 0 Å². The molecule has 0 bridgehead atoms. The molecule has 0 aliphatic carbocycles. The fourth-order valence-corrected chi connectivity index (χ4v) is 0.957. The zero-order chi connectivity index (χ0) is 9.68. The van der Waals surface area contributed by atoms with Crippen LogP contribution in [0.3, 0.4) is 0 Å². The third kappa shape index (κ3) is 1.89. The van der Waals surface area contributed by atoms with Gasteiger partial charge < -0.3 is 5.73 Å². The molecule has 0 aliphatic rings. The van der Waals surface area contributed by atoms with E-state index in [0.717, 1.165) is 5.56 Å². The van der Waals surface area contributed by atoms with Crippen LogP contribution >= 0.6 is 0 Å². The minimum absolute atomic E-state index is 0.175. The first-order valence-electron chi connectivity index (χ1n) is 3.71. The normalized spacial score (nSPS) is 10.9. The molecule has 1 rings (SSSR count). The predicted molar refractivity (Wildman–Crippen MR) is 52.0 cm³/mol. The van der Waals surface area contributed by atoms with Gasteiger partial charge in [0.1, 0.15) is 11.8 Å². The van der Waals surface area contributed by atoms with E-state index in [2.05, 4.69) is 5.92 Å². The Balaban J connectivity index is 3.25. The first-order chi connectivity index (χ1) is 6.29. The largest absolute Gasteiger partial charge is 0.391 e. The lowest BCUT2D eigenvalue weighted by Gasteiger charge is -1.98. The van der Waals surface area contributed by atoms with E-state index < -0.39 is 0 Å². The first kappa shape index (κ1) is 8.90. The van der Waals surface area contributed by atoms with Crippen molar-refractivity contribution in [2.45, 2.75) is 0 Å². The number of terminal acetylenes is 1. The summed E-state index contributed by atoms with van der Waals surface area (Å²) in [5, 5.41) is 8.80. The van der Waals surface area contributed by atoms with Gasteiger partial charge in [-0.3, -0.25) is 0 Å². The van der Waals surface area contributed by atoms with Crippen LogP contribution < -0.4 is 5.73 Å². The van der Waals surface area contributed by atoms with Crippen molar-refractivity contribution in [3.8, 4) is 18.4 Å². The second kappa shape index (κ2) is 3.99. The van der Waals surface area contributed by atoms with Crippen LogP contribution in [-0.4, -0.2) is 0 Å². The maximum Gasteiger partial charge on any atom is 0.103 e. The molecule has 2 heteroatoms. The zero-order valence-electron chi connectivity index (χ0n) is 6.99. The van der Waals surface area contributed by atoms with Gasteiger partial charge in [0.25, 0.3) is 0 Å². The summed E-state index contributed by atoms with van der Waals surface area (Å²) in [7, 11) is 0. The predicted octanol–water partition coefficient (Wildman–Crippen LogP) is 1.51. The summed E-state index contributed by atoms with van der Waals surface area (Å²) in [6.45, 7) is 0. The molecule has 13 heavy (non-hydrogen) atoms. The Bertz CT molecular complexity index is 402. The van der Waals surface area contributed by atoms with Gasteiger partial charge in [-0.15, -0.1) is 6.42 Å². The number of nitrogens with two attached hydrogens (primary N) is 1. The summed E-state index contributed by atoms with van der Waals surface area (Å²) >= 11 is 0. The molecule has 0 saturated heterocycles. The van der Waals surface area contributed by atoms with Crippen molar-refractivity contribution in [2.75, 3.05) is 0 Å². The maximum absolute atomic E-state index is 8.80. The molecular weight excluding hydrogens is 160 g/mol. The fraction of sp³-hybridized carbons (Fsp3) is 0. The standard InChI is InChI=1S/C11H8N2/c1-2-11(13)10(8-12)9-6-4-3-5-7-9/h1,3-7H,13H2. The SMILES string of the molecule is C#CC(N)=C(C#N)c1ccccc1. The van der Waals surface area contributed by atoms with E-state index in [-0.39, 0.29) is 5.70 Å². The third-order valence-electron chi connectivity index (χ3n) is 1.60. The molecule has 1 aromatic rings. The molecule has 0 spiro atoms. The smallest absolute Gasteiger partial charge is 0.103 e. The Kier molecular flexibility index (Phi) is 2.73. The summed E-state index contributed by atoms with van der Waals surface area (Å²) in [5.41, 5.74) is 6.76. The highest BCUT2D eigenvalue weighted by Crippen LogP contribution is 2.14. The van der Waals surface area contributed by atoms with Gasteiger partial charge in [0.2, 0.25) is 0 Å². The lowest BCUT2D eigenvalue weighted by atomic mass is 10.1. The molecule has 0 aromatic heterocycles. The Labute approximate surface area is 77.3 Å². The molecule has 0 amide bonds. The highest BCUT2D eigenvalue weighted by atomic mass is 14.6. The molecule has 0 aliphatic heterocycles. The van der Waals surface area contributed by atoms with Gasteiger partial charge in [0, 0.05) is 0 Å². The molecular formula is C11H8N2. The van der Waals surface area contributed by atoms with Gasteiger partial charge in [-0.2, -0.15) is 5.26 Å². The maximum atomic E-state index is 8.80. The molecule has 0 atom stereocenters. The van der Waals surface area contributed by atoms with Crippen molar-refractivity contribution in [2.24, 2.45) is 5.73 Å². The molecule has 0 fully saturated rings. The first-order valence-corrected chi connectivity index (χ1v) is 3.71. The van der Waals surface area contributed by atoms with E-state index in [9.17, 15) is 0 Å². The summed E-state index contributed by atoms with van der Waals surface area (Å²) in [6, 6.07) is 11.1. The monoisotopic (exact) mass is 168 g/mol. The van der Waals surface area contributed by atoms with Crippen LogP contribution in [-0.2, 0) is 0 Å². The number of hydrogen-bond donors (Lipinski definition) is 1. The Morgan fingerprint density at radius 3 is 2.38 bits per heavy atom. The summed E-state index contributed by atoms with van der Waals surface area (Å²) in [5.74, 6) is 2.25. The Morgan fingerprint density at radius 2 is 1.92 bits per heavy atom. The fourth-order valence-electron chi connectivity index (χ4n) is 0.957. The van der Waals surface area contributed by atoms with Gasteiger partial charge in [0.05, 0.1) is 5.57 Å². The van der Waals surface area contributed by atoms with Gasteiger partial charge in [-0.25, -0.2) is 0 Å². The topological polar surface area (TPSA) is 49.8 Å². The van der Waals surface area contributed by atoms with E-state index in [4.69, 9.17) is 17.4 Å². The molecule has 0 saturated carbocycles. The number of allylic oxidation sites excluding steroid dienone is 2. The molecule has 2 N–H and O–H groups in total. The van der Waals surface area contributed by atoms with Crippen molar-refractivity contribution in [3.05, 3.63) is 41.6 Å². The van der Waals surface area contributed by atoms with E-state index in [1.54, 1.807) is 12.1 Å². The van der Waals surface area contributed by atoms with Gasteiger partial charge >= 0.3 is 0 Å². The second-order valence-corrected chi connectivity index (χ2v) is 2.41. The number of rotatable bonds is 1. The lowest BCUT2D eigenvalue weighted by molar-refractivity contribution is 1.44. The highest BCUT2D eigenvalue weighted by Gasteiger charge is 2.02. The van der Waals surface area contributed by atoms with Crippen LogP contribution in [0.25, 0.3) is 5.57 Å². The van der Waals surface area contributed by atoms with Crippen LogP contribution in [0.2, 0.25) is 0 Å². The van der Waals surface area contributed by atoms with Gasteiger partial charge in [-0.05, 0) is 5.56 Å². The molecule has 0 heterocycles. The van der Waals surface area contributed by atoms with Crippen LogP contribution in [0.1, 0.15) is 5.56 Å². The van der Waals surface area contributed by atoms with E-state index >= 15 is 0 Å². The van der Waals surface area contributed by atoms with Gasteiger partial charge in [-0.1, -0.05) is 36.3 Å². The minimum atomic E-state index is 0.175. The zero-order valence-corrected chi connectivity index (χ0v) is 6.99. The molecule has 2 nitrogen and oxygen atoms in total. The Morgan fingerprint density at radius 1 is 1.31 bits per heavy atom. The lowest BCUT2D eigenvalue weighted by Crippen LogP contribution is -1.98. The molecule has 62 valence electrons. The van der Waals surface area contributed by atoms with Crippen LogP contribution in [0.15, 0.2) is 36.0 Å². The average Bonchev–Trinajstić information content (AvgIpc) is 2.20. The quantitative estimate of drug-likeness (QED) is 0.510. The minimum Gasteiger partial charge on any atom is -0.391 e. The number of nitrogens with zero attached hydrogens (tertiary/aromatic N) is 1. The second-order valence-electron chi connectivity index (χ2n) is 2.41. The summed E-state index contributed by atoms with van der Waals surface area (Å²) in [6.07, 6.45) is 5.10. The van der Waals surface area contributed by atoms with Crippen molar-refractivity contribution >= 4 is 5.57 Å². The number of benzene rings is 1.